The summed E-state index contributed by atoms with van der Waals surface area (Å²) in [6.45, 7) is 4.94. The highest BCUT2D eigenvalue weighted by molar-refractivity contribution is 6.31. The Bertz CT molecular complexity index is 1380. The lowest BCUT2D eigenvalue weighted by Gasteiger charge is -2.20. The van der Waals surface area contributed by atoms with Crippen LogP contribution in [0.5, 0.6) is 5.75 Å². The van der Waals surface area contributed by atoms with Crippen molar-refractivity contribution in [2.24, 2.45) is 0 Å². The molecule has 1 aromatic heterocycles. The lowest BCUT2D eigenvalue weighted by molar-refractivity contribution is -0.117. The molecule has 1 saturated heterocycles. The van der Waals surface area contributed by atoms with Gasteiger partial charge in [-0.1, -0.05) is 41.9 Å². The van der Waals surface area contributed by atoms with E-state index in [4.69, 9.17) is 21.3 Å². The largest absolute Gasteiger partial charge is 0.491 e. The molecule has 1 aliphatic rings. The first-order chi connectivity index (χ1) is 16.9. The highest BCUT2D eigenvalue weighted by Crippen LogP contribution is 2.34. The van der Waals surface area contributed by atoms with Gasteiger partial charge in [-0.05, 0) is 61.4 Å². The number of benzene rings is 3. The Balaban J connectivity index is 1.38. The fraction of sp³-hybridized carbons (Fsp3) is 0.286. The van der Waals surface area contributed by atoms with Gasteiger partial charge in [0.05, 0.1) is 17.6 Å². The summed E-state index contributed by atoms with van der Waals surface area (Å²) in [4.78, 5) is 19.7. The van der Waals surface area contributed by atoms with Crippen LogP contribution in [-0.2, 0) is 11.3 Å². The third kappa shape index (κ3) is 4.77. The fourth-order valence-electron chi connectivity index (χ4n) is 4.74. The normalized spacial score (nSPS) is 16.7. The molecule has 1 aliphatic heterocycles. The molecule has 0 spiro atoms. The number of aliphatic hydroxyl groups excluding tert-OH is 1. The van der Waals surface area contributed by atoms with E-state index in [1.807, 2.05) is 77.9 Å². The zero-order chi connectivity index (χ0) is 24.5. The van der Waals surface area contributed by atoms with Gasteiger partial charge in [0.1, 0.15) is 24.3 Å². The monoisotopic (exact) mass is 489 g/mol. The van der Waals surface area contributed by atoms with Gasteiger partial charge >= 0.3 is 0 Å². The maximum absolute atomic E-state index is 13.0. The summed E-state index contributed by atoms with van der Waals surface area (Å²) in [5.74, 6) is 1.50. The van der Waals surface area contributed by atoms with Crippen molar-refractivity contribution in [1.29, 1.82) is 0 Å². The second-order valence-electron chi connectivity index (χ2n) is 9.14. The van der Waals surface area contributed by atoms with Crippen molar-refractivity contribution >= 4 is 34.2 Å². The van der Waals surface area contributed by atoms with Crippen LogP contribution in [0.4, 0.5) is 5.69 Å². The van der Waals surface area contributed by atoms with E-state index < -0.39 is 6.10 Å². The van der Waals surface area contributed by atoms with Gasteiger partial charge in [0.15, 0.2) is 0 Å². The number of hydrogen-bond donors (Lipinski definition) is 1. The lowest BCUT2D eigenvalue weighted by Crippen LogP contribution is -2.27. The van der Waals surface area contributed by atoms with Crippen molar-refractivity contribution in [3.05, 3.63) is 88.7 Å². The summed E-state index contributed by atoms with van der Waals surface area (Å²) >= 11 is 6.10. The first kappa shape index (κ1) is 23.4. The van der Waals surface area contributed by atoms with E-state index in [1.54, 1.807) is 12.1 Å². The first-order valence-electron chi connectivity index (χ1n) is 11.8. The third-order valence-corrected chi connectivity index (χ3v) is 6.97. The maximum Gasteiger partial charge on any atom is 0.227 e. The van der Waals surface area contributed by atoms with Crippen LogP contribution in [0.3, 0.4) is 0 Å². The number of ether oxygens (including phenoxy) is 1. The highest BCUT2D eigenvalue weighted by Gasteiger charge is 2.35. The molecule has 1 fully saturated rings. The van der Waals surface area contributed by atoms with E-state index in [2.05, 4.69) is 0 Å². The van der Waals surface area contributed by atoms with Gasteiger partial charge in [0.25, 0.3) is 0 Å². The minimum atomic E-state index is -0.757. The number of halogens is 1. The smallest absolute Gasteiger partial charge is 0.227 e. The van der Waals surface area contributed by atoms with E-state index in [1.165, 1.54) is 0 Å². The molecule has 180 valence electrons. The quantitative estimate of drug-likeness (QED) is 0.384. The van der Waals surface area contributed by atoms with Crippen LogP contribution in [0.15, 0.2) is 66.7 Å². The number of aromatic nitrogens is 2. The first-order valence-corrected chi connectivity index (χ1v) is 12.2. The minimum Gasteiger partial charge on any atom is -0.491 e. The number of hydrogen-bond acceptors (Lipinski definition) is 4. The number of rotatable bonds is 7. The predicted molar refractivity (Wildman–Crippen MR) is 138 cm³/mol. The van der Waals surface area contributed by atoms with Gasteiger partial charge in [-0.3, -0.25) is 4.79 Å². The van der Waals surface area contributed by atoms with E-state index in [9.17, 15) is 9.90 Å². The molecular weight excluding hydrogens is 462 g/mol. The van der Waals surface area contributed by atoms with Gasteiger partial charge in [-0.15, -0.1) is 0 Å². The summed E-state index contributed by atoms with van der Waals surface area (Å²) < 4.78 is 7.87. The number of para-hydroxylation sites is 3. The number of nitrogens with zero attached hydrogens (tertiary/aromatic N) is 3. The number of aliphatic hydroxyl groups is 1. The number of aryl methyl sites for hydroxylation is 2. The standard InChI is InChI=1S/C28H28ClN3O3/c1-18-7-3-5-9-25(18)31-15-20(14-27(31)34)28-30-24-8-4-6-10-26(24)32(28)16-21(33)17-35-22-11-12-23(29)19(2)13-22/h3-13,20-21,33H,14-17H2,1-2H3/t20-,21+/m0/s1. The van der Waals surface area contributed by atoms with Crippen molar-refractivity contribution < 1.29 is 14.6 Å². The number of carbonyl (C=O) groups is 1. The van der Waals surface area contributed by atoms with Crippen molar-refractivity contribution in [2.45, 2.75) is 38.8 Å². The average Bonchev–Trinajstić information content (AvgIpc) is 3.41. The summed E-state index contributed by atoms with van der Waals surface area (Å²) in [6.07, 6.45) is -0.374. The predicted octanol–water partition coefficient (Wildman–Crippen LogP) is 5.27. The van der Waals surface area contributed by atoms with Crippen LogP contribution in [0.2, 0.25) is 5.02 Å². The van der Waals surface area contributed by atoms with Crippen molar-refractivity contribution in [2.75, 3.05) is 18.1 Å². The van der Waals surface area contributed by atoms with Crippen LogP contribution in [-0.4, -0.2) is 39.8 Å². The van der Waals surface area contributed by atoms with Crippen molar-refractivity contribution in [3.8, 4) is 5.75 Å². The molecule has 0 saturated carbocycles. The molecule has 6 nitrogen and oxygen atoms in total. The van der Waals surface area contributed by atoms with Crippen LogP contribution in [0.1, 0.15) is 29.3 Å². The molecule has 2 heterocycles. The molecule has 35 heavy (non-hydrogen) atoms. The van der Waals surface area contributed by atoms with Crippen LogP contribution >= 0.6 is 11.6 Å². The minimum absolute atomic E-state index is 0.0680. The Hall–Kier alpha value is -3.35. The Labute approximate surface area is 209 Å². The van der Waals surface area contributed by atoms with E-state index >= 15 is 0 Å². The number of imidazole rings is 1. The molecular formula is C28H28ClN3O3. The van der Waals surface area contributed by atoms with Crippen LogP contribution < -0.4 is 9.64 Å². The van der Waals surface area contributed by atoms with Gasteiger partial charge in [-0.25, -0.2) is 4.98 Å². The summed E-state index contributed by atoms with van der Waals surface area (Å²) in [5, 5.41) is 11.6. The second-order valence-corrected chi connectivity index (χ2v) is 9.54. The van der Waals surface area contributed by atoms with Gasteiger partial charge in [-0.2, -0.15) is 0 Å². The van der Waals surface area contributed by atoms with Gasteiger partial charge < -0.3 is 19.3 Å². The van der Waals surface area contributed by atoms with E-state index in [0.717, 1.165) is 33.7 Å². The highest BCUT2D eigenvalue weighted by atomic mass is 35.5. The average molecular weight is 490 g/mol. The Morgan fingerprint density at radius 2 is 1.86 bits per heavy atom. The molecule has 0 unspecified atom stereocenters. The number of carbonyl (C=O) groups excluding carboxylic acids is 1. The topological polar surface area (TPSA) is 67.6 Å². The molecule has 1 N–H and O–H groups in total. The molecule has 2 atom stereocenters. The number of fused-ring (bicyclic) bond motifs is 1. The molecule has 4 aromatic rings. The van der Waals surface area contributed by atoms with E-state index in [-0.39, 0.29) is 18.4 Å². The SMILES string of the molecule is Cc1cc(OC[C@H](O)Cn2c([C@H]3CC(=O)N(c4ccccc4C)C3)nc3ccccc32)ccc1Cl. The van der Waals surface area contributed by atoms with Crippen LogP contribution in [0.25, 0.3) is 11.0 Å². The third-order valence-electron chi connectivity index (χ3n) is 6.55. The molecule has 0 aliphatic carbocycles. The molecule has 0 bridgehead atoms. The molecule has 1 amide bonds. The zero-order valence-corrected chi connectivity index (χ0v) is 20.6. The Morgan fingerprint density at radius 3 is 2.66 bits per heavy atom. The van der Waals surface area contributed by atoms with Gasteiger partial charge in [0.2, 0.25) is 5.91 Å². The molecule has 7 heteroatoms. The molecule has 0 radical (unpaired) electrons. The Morgan fingerprint density at radius 1 is 1.09 bits per heavy atom. The second kappa shape index (κ2) is 9.72. The number of anilines is 1. The molecule has 3 aromatic carbocycles. The number of amides is 1. The maximum atomic E-state index is 13.0. The lowest BCUT2D eigenvalue weighted by atomic mass is 10.1. The summed E-state index contributed by atoms with van der Waals surface area (Å²) in [6, 6.07) is 21.2. The van der Waals surface area contributed by atoms with Crippen LogP contribution in [0, 0.1) is 13.8 Å². The summed E-state index contributed by atoms with van der Waals surface area (Å²) in [5.41, 5.74) is 4.72. The zero-order valence-electron chi connectivity index (χ0n) is 19.8. The van der Waals surface area contributed by atoms with Gasteiger partial charge in [0, 0.05) is 29.6 Å². The Kier molecular flexibility index (Phi) is 6.50. The molecule has 5 rings (SSSR count). The summed E-state index contributed by atoms with van der Waals surface area (Å²) in [7, 11) is 0. The van der Waals surface area contributed by atoms with Crippen molar-refractivity contribution in [3.63, 3.8) is 0 Å². The fourth-order valence-corrected chi connectivity index (χ4v) is 4.86. The van der Waals surface area contributed by atoms with Crippen molar-refractivity contribution in [1.82, 2.24) is 9.55 Å². The van der Waals surface area contributed by atoms with E-state index in [0.29, 0.717) is 30.3 Å².